The molecule has 1 unspecified atom stereocenters. The van der Waals surface area contributed by atoms with Gasteiger partial charge in [-0.2, -0.15) is 5.10 Å². The minimum atomic E-state index is 0. The van der Waals surface area contributed by atoms with Crippen molar-refractivity contribution in [3.8, 4) is 0 Å². The summed E-state index contributed by atoms with van der Waals surface area (Å²) in [6, 6.07) is 18.1. The van der Waals surface area contributed by atoms with Gasteiger partial charge in [-0.15, -0.1) is 23.7 Å². The number of aromatic nitrogens is 2. The van der Waals surface area contributed by atoms with E-state index in [1.807, 2.05) is 59.0 Å². The lowest BCUT2D eigenvalue weighted by atomic mass is 9.94. The molecule has 0 saturated carbocycles. The first-order chi connectivity index (χ1) is 15.0. The van der Waals surface area contributed by atoms with Crippen molar-refractivity contribution < 1.29 is 4.79 Å². The van der Waals surface area contributed by atoms with Crippen LogP contribution >= 0.6 is 35.3 Å². The summed E-state index contributed by atoms with van der Waals surface area (Å²) < 4.78 is 1.94. The van der Waals surface area contributed by atoms with Crippen LogP contribution in [0, 0.1) is 6.92 Å². The van der Waals surface area contributed by atoms with Crippen molar-refractivity contribution >= 4 is 51.5 Å². The summed E-state index contributed by atoms with van der Waals surface area (Å²) in [4.78, 5) is 17.1. The minimum Gasteiger partial charge on any atom is -0.329 e. The van der Waals surface area contributed by atoms with Gasteiger partial charge in [0.25, 0.3) is 5.91 Å². The second-order valence-corrected chi connectivity index (χ2v) is 9.40. The first-order valence-electron chi connectivity index (χ1n) is 10.3. The Hall–Kier alpha value is -2.38. The van der Waals surface area contributed by atoms with Crippen LogP contribution in [0.3, 0.4) is 0 Å². The number of halogens is 2. The molecule has 5 nitrogen and oxygen atoms in total. The van der Waals surface area contributed by atoms with E-state index in [9.17, 15) is 4.79 Å². The second kappa shape index (κ2) is 9.24. The Morgan fingerprint density at radius 1 is 1.19 bits per heavy atom. The van der Waals surface area contributed by atoms with Crippen molar-refractivity contribution in [1.29, 1.82) is 0 Å². The number of fused-ring (bicyclic) bond motifs is 2. The van der Waals surface area contributed by atoms with Gasteiger partial charge >= 0.3 is 0 Å². The zero-order chi connectivity index (χ0) is 21.5. The third-order valence-electron chi connectivity index (χ3n) is 5.98. The number of carbonyl (C=O) groups is 1. The highest BCUT2D eigenvalue weighted by Crippen LogP contribution is 2.32. The van der Waals surface area contributed by atoms with Crippen LogP contribution in [-0.4, -0.2) is 33.2 Å². The summed E-state index contributed by atoms with van der Waals surface area (Å²) >= 11 is 7.84. The molecule has 1 aliphatic heterocycles. The lowest BCUT2D eigenvalue weighted by molar-refractivity contribution is 0.0653. The van der Waals surface area contributed by atoms with E-state index in [2.05, 4.69) is 17.2 Å². The number of nitrogens with two attached hydrogens (primary N) is 1. The Bertz CT molecular complexity index is 1280. The van der Waals surface area contributed by atoms with Crippen molar-refractivity contribution in [3.05, 3.63) is 86.9 Å². The second-order valence-electron chi connectivity index (χ2n) is 7.96. The topological polar surface area (TPSA) is 64.2 Å². The van der Waals surface area contributed by atoms with Crippen molar-refractivity contribution in [1.82, 2.24) is 14.7 Å². The molecule has 8 heteroatoms. The number of benzene rings is 2. The maximum absolute atomic E-state index is 13.5. The standard InChI is InChI=1S/C24H23ClN4OS.ClH/c1-15-20-11-22(31-24(20)29(27-15)14-18-8-4-5-9-21(18)25)23(30)28-13-17-7-3-2-6-16(17)10-19(28)12-26;/h2-9,11,19H,10,12-14,26H2,1H3;1H. The molecule has 0 saturated heterocycles. The number of aryl methyl sites for hydroxylation is 1. The van der Waals surface area contributed by atoms with E-state index in [0.717, 1.165) is 37.8 Å². The highest BCUT2D eigenvalue weighted by atomic mass is 35.5. The van der Waals surface area contributed by atoms with Gasteiger partial charge < -0.3 is 10.6 Å². The fourth-order valence-electron chi connectivity index (χ4n) is 4.29. The molecule has 2 aromatic heterocycles. The van der Waals surface area contributed by atoms with Crippen LogP contribution in [0.1, 0.15) is 32.1 Å². The quantitative estimate of drug-likeness (QED) is 0.438. The van der Waals surface area contributed by atoms with Crippen LogP contribution in [0.15, 0.2) is 54.6 Å². The van der Waals surface area contributed by atoms with E-state index in [1.165, 1.54) is 22.5 Å². The van der Waals surface area contributed by atoms with Crippen LogP contribution in [0.4, 0.5) is 0 Å². The van der Waals surface area contributed by atoms with Crippen LogP contribution in [0.25, 0.3) is 10.2 Å². The van der Waals surface area contributed by atoms with E-state index >= 15 is 0 Å². The molecule has 2 N–H and O–H groups in total. The van der Waals surface area contributed by atoms with E-state index in [0.29, 0.717) is 19.6 Å². The van der Waals surface area contributed by atoms with Crippen LogP contribution < -0.4 is 5.73 Å². The van der Waals surface area contributed by atoms with Crippen molar-refractivity contribution in [2.24, 2.45) is 5.73 Å². The summed E-state index contributed by atoms with van der Waals surface area (Å²) in [5.74, 6) is 0.0369. The highest BCUT2D eigenvalue weighted by molar-refractivity contribution is 7.20. The Kier molecular flexibility index (Phi) is 6.58. The smallest absolute Gasteiger partial charge is 0.264 e. The molecule has 4 aromatic rings. The Labute approximate surface area is 202 Å². The number of hydrogen-bond donors (Lipinski definition) is 1. The third kappa shape index (κ3) is 4.04. The van der Waals surface area contributed by atoms with Crippen molar-refractivity contribution in [2.75, 3.05) is 6.54 Å². The summed E-state index contributed by atoms with van der Waals surface area (Å²) in [5, 5.41) is 6.42. The predicted molar refractivity (Wildman–Crippen MR) is 133 cm³/mol. The molecule has 1 amide bonds. The summed E-state index contributed by atoms with van der Waals surface area (Å²) in [6.45, 7) is 3.59. The zero-order valence-corrected chi connectivity index (χ0v) is 20.0. The number of amides is 1. The maximum atomic E-state index is 13.5. The van der Waals surface area contributed by atoms with Gasteiger partial charge in [0, 0.05) is 29.5 Å². The van der Waals surface area contributed by atoms with Crippen molar-refractivity contribution in [2.45, 2.75) is 32.5 Å². The van der Waals surface area contributed by atoms with Crippen molar-refractivity contribution in [3.63, 3.8) is 0 Å². The summed E-state index contributed by atoms with van der Waals surface area (Å²) in [5.41, 5.74) is 10.5. The molecule has 0 bridgehead atoms. The lowest BCUT2D eigenvalue weighted by Gasteiger charge is -2.36. The number of thiophene rings is 1. The first-order valence-corrected chi connectivity index (χ1v) is 11.5. The summed E-state index contributed by atoms with van der Waals surface area (Å²) in [7, 11) is 0. The Morgan fingerprint density at radius 3 is 2.66 bits per heavy atom. The van der Waals surface area contributed by atoms with Gasteiger partial charge in [0.1, 0.15) is 4.83 Å². The van der Waals surface area contributed by atoms with Gasteiger partial charge in [0.15, 0.2) is 0 Å². The highest BCUT2D eigenvalue weighted by Gasteiger charge is 2.30. The fourth-order valence-corrected chi connectivity index (χ4v) is 5.60. The molecule has 0 radical (unpaired) electrons. The van der Waals surface area contributed by atoms with E-state index in [1.54, 1.807) is 0 Å². The number of hydrogen-bond acceptors (Lipinski definition) is 4. The number of nitrogens with zero attached hydrogens (tertiary/aromatic N) is 3. The van der Waals surface area contributed by atoms with E-state index in [4.69, 9.17) is 17.3 Å². The Morgan fingerprint density at radius 2 is 1.91 bits per heavy atom. The van der Waals surface area contributed by atoms with E-state index < -0.39 is 0 Å². The molecule has 0 aliphatic carbocycles. The minimum absolute atomic E-state index is 0. The molecular weight excluding hydrogens is 463 g/mol. The Balaban J connectivity index is 0.00000245. The molecule has 1 atom stereocenters. The molecule has 5 rings (SSSR count). The maximum Gasteiger partial charge on any atom is 0.264 e. The van der Waals surface area contributed by atoms with Gasteiger partial charge in [0.05, 0.1) is 17.1 Å². The molecular formula is C24H24Cl2N4OS. The molecule has 3 heterocycles. The normalized spacial score (nSPS) is 15.5. The number of rotatable bonds is 4. The summed E-state index contributed by atoms with van der Waals surface area (Å²) in [6.07, 6.45) is 0.794. The fraction of sp³-hybridized carbons (Fsp3) is 0.250. The van der Waals surface area contributed by atoms with Crippen LogP contribution in [0.5, 0.6) is 0 Å². The molecule has 0 fully saturated rings. The van der Waals surface area contributed by atoms with Crippen LogP contribution in [-0.2, 0) is 19.5 Å². The molecule has 2 aromatic carbocycles. The van der Waals surface area contributed by atoms with Gasteiger partial charge in [0.2, 0.25) is 0 Å². The monoisotopic (exact) mass is 486 g/mol. The van der Waals surface area contributed by atoms with Crippen LogP contribution in [0.2, 0.25) is 5.02 Å². The lowest BCUT2D eigenvalue weighted by Crippen LogP contribution is -2.47. The molecule has 1 aliphatic rings. The zero-order valence-electron chi connectivity index (χ0n) is 17.6. The van der Waals surface area contributed by atoms with Gasteiger partial charge in [-0.05, 0) is 42.2 Å². The first kappa shape index (κ1) is 22.8. The molecule has 166 valence electrons. The third-order valence-corrected chi connectivity index (χ3v) is 7.49. The number of carbonyl (C=O) groups excluding carboxylic acids is 1. The molecule has 0 spiro atoms. The SMILES string of the molecule is Cc1nn(Cc2ccccc2Cl)c2sc(C(=O)N3Cc4ccccc4CC3CN)cc12.Cl. The van der Waals surface area contributed by atoms with Gasteiger partial charge in [-0.1, -0.05) is 54.1 Å². The average molecular weight is 487 g/mol. The largest absolute Gasteiger partial charge is 0.329 e. The van der Waals surface area contributed by atoms with E-state index in [-0.39, 0.29) is 24.4 Å². The van der Waals surface area contributed by atoms with Gasteiger partial charge in [-0.3, -0.25) is 9.48 Å². The predicted octanol–water partition coefficient (Wildman–Crippen LogP) is 5.06. The molecule has 32 heavy (non-hydrogen) atoms. The van der Waals surface area contributed by atoms with Gasteiger partial charge in [-0.25, -0.2) is 0 Å². The average Bonchev–Trinajstić information content (AvgIpc) is 3.35.